The number of aromatic amines is 1. The second-order valence-corrected chi connectivity index (χ2v) is 7.36. The molecule has 2 aromatic carbocycles. The van der Waals surface area contributed by atoms with Crippen LogP contribution in [0.2, 0.25) is 0 Å². The average molecular weight is 388 g/mol. The molecule has 148 valence electrons. The van der Waals surface area contributed by atoms with Crippen molar-refractivity contribution in [3.8, 4) is 0 Å². The van der Waals surface area contributed by atoms with Crippen molar-refractivity contribution in [3.63, 3.8) is 0 Å². The number of hydrogen-bond acceptors (Lipinski definition) is 3. The molecule has 0 radical (unpaired) electrons. The average Bonchev–Trinajstić information content (AvgIpc) is 3.00. The van der Waals surface area contributed by atoms with Crippen molar-refractivity contribution < 1.29 is 5.11 Å². The first kappa shape index (κ1) is 19.0. The predicted octanol–water partition coefficient (Wildman–Crippen LogP) is 2.74. The molecular weight excluding hydrogens is 364 g/mol. The minimum atomic E-state index is -0.339. The minimum absolute atomic E-state index is 0.123. The van der Waals surface area contributed by atoms with E-state index in [1.165, 1.54) is 5.56 Å². The van der Waals surface area contributed by atoms with Crippen LogP contribution >= 0.6 is 0 Å². The third-order valence-electron chi connectivity index (χ3n) is 5.26. The van der Waals surface area contributed by atoms with Crippen molar-refractivity contribution in [2.24, 2.45) is 0 Å². The Morgan fingerprint density at radius 3 is 2.45 bits per heavy atom. The van der Waals surface area contributed by atoms with E-state index in [0.29, 0.717) is 18.6 Å². The molecule has 6 nitrogen and oxygen atoms in total. The molecule has 0 saturated carbocycles. The lowest BCUT2D eigenvalue weighted by molar-refractivity contribution is 0.225. The summed E-state index contributed by atoms with van der Waals surface area (Å²) in [5.74, 6) is 0. The fourth-order valence-electron chi connectivity index (χ4n) is 3.79. The molecule has 3 N–H and O–H groups in total. The second kappa shape index (κ2) is 7.93. The number of pyridine rings is 1. The molecule has 1 unspecified atom stereocenters. The molecular formula is C23H24N4O2. The Hall–Kier alpha value is -3.38. The van der Waals surface area contributed by atoms with Crippen LogP contribution in [0.15, 0.2) is 71.7 Å². The van der Waals surface area contributed by atoms with Gasteiger partial charge in [0, 0.05) is 12.3 Å². The van der Waals surface area contributed by atoms with E-state index in [0.717, 1.165) is 22.2 Å². The van der Waals surface area contributed by atoms with E-state index in [2.05, 4.69) is 36.2 Å². The van der Waals surface area contributed by atoms with Gasteiger partial charge in [-0.1, -0.05) is 42.0 Å². The molecule has 6 heteroatoms. The van der Waals surface area contributed by atoms with Gasteiger partial charge in [0.05, 0.1) is 30.2 Å². The first-order valence-electron chi connectivity index (χ1n) is 9.65. The molecule has 0 aliphatic carbocycles. The number of aliphatic hydroxyl groups excluding tert-OH is 1. The first-order chi connectivity index (χ1) is 14.1. The lowest BCUT2D eigenvalue weighted by Crippen LogP contribution is -2.31. The number of hydrogen-bond donors (Lipinski definition) is 3. The summed E-state index contributed by atoms with van der Waals surface area (Å²) in [6.07, 6.45) is 2.08. The van der Waals surface area contributed by atoms with Crippen LogP contribution in [0.5, 0.6) is 0 Å². The normalized spacial score (nSPS) is 12.3. The molecule has 2 aromatic heterocycles. The summed E-state index contributed by atoms with van der Waals surface area (Å²) in [7, 11) is 0. The Bertz CT molecular complexity index is 1250. The highest BCUT2D eigenvalue weighted by Crippen LogP contribution is 2.21. The topological polar surface area (TPSA) is 86.8 Å². The van der Waals surface area contributed by atoms with Crippen LogP contribution in [0.4, 0.5) is 0 Å². The number of nitrogens with one attached hydrogen (secondary N) is 2. The highest BCUT2D eigenvalue weighted by atomic mass is 16.3. The number of fused-ring (bicyclic) bond motifs is 1. The van der Waals surface area contributed by atoms with Crippen LogP contribution in [0.1, 0.15) is 22.7 Å². The van der Waals surface area contributed by atoms with Gasteiger partial charge < -0.3 is 19.2 Å². The van der Waals surface area contributed by atoms with Gasteiger partial charge in [-0.25, -0.2) is 0 Å². The van der Waals surface area contributed by atoms with E-state index < -0.39 is 0 Å². The summed E-state index contributed by atoms with van der Waals surface area (Å²) in [5, 5.41) is 19.0. The van der Waals surface area contributed by atoms with Crippen molar-refractivity contribution in [2.75, 3.05) is 6.61 Å². The van der Waals surface area contributed by atoms with Gasteiger partial charge >= 0.3 is 0 Å². The Balaban J connectivity index is 1.79. The molecule has 0 saturated heterocycles. The number of para-hydroxylation sites is 2. The lowest BCUT2D eigenvalue weighted by Gasteiger charge is -2.17. The van der Waals surface area contributed by atoms with Gasteiger partial charge in [-0.05, 0) is 42.7 Å². The maximum atomic E-state index is 11.6. The minimum Gasteiger partial charge on any atom is -0.394 e. The zero-order valence-electron chi connectivity index (χ0n) is 16.3. The van der Waals surface area contributed by atoms with Crippen molar-refractivity contribution >= 4 is 11.0 Å². The Morgan fingerprint density at radius 1 is 1.03 bits per heavy atom. The van der Waals surface area contributed by atoms with Crippen LogP contribution in [0.25, 0.3) is 11.0 Å². The monoisotopic (exact) mass is 388 g/mol. The van der Waals surface area contributed by atoms with Gasteiger partial charge in [-0.2, -0.15) is 0 Å². The number of benzene rings is 2. The Labute approximate surface area is 168 Å². The zero-order chi connectivity index (χ0) is 20.4. The number of aliphatic hydroxyl groups is 1. The lowest BCUT2D eigenvalue weighted by atomic mass is 10.1. The molecule has 1 atom stereocenters. The van der Waals surface area contributed by atoms with Gasteiger partial charge in [0.15, 0.2) is 0 Å². The van der Waals surface area contributed by atoms with Crippen LogP contribution < -0.4 is 11.2 Å². The van der Waals surface area contributed by atoms with E-state index in [9.17, 15) is 9.90 Å². The second-order valence-electron chi connectivity index (χ2n) is 7.36. The van der Waals surface area contributed by atoms with Crippen molar-refractivity contribution in [2.45, 2.75) is 25.9 Å². The molecule has 4 rings (SSSR count). The SMILES string of the molecule is Cc1ccc(Cn2c(=N)n(C(CO)Cc3cc[nH]c(=O)c3)c3ccccc32)cc1. The molecule has 0 spiro atoms. The Morgan fingerprint density at radius 2 is 1.76 bits per heavy atom. The van der Waals surface area contributed by atoms with Crippen molar-refractivity contribution in [1.82, 2.24) is 14.1 Å². The van der Waals surface area contributed by atoms with Crippen LogP contribution in [0.3, 0.4) is 0 Å². The smallest absolute Gasteiger partial charge is 0.248 e. The van der Waals surface area contributed by atoms with Gasteiger partial charge in [-0.3, -0.25) is 10.2 Å². The van der Waals surface area contributed by atoms with E-state index in [1.54, 1.807) is 12.3 Å². The predicted molar refractivity (Wildman–Crippen MR) is 113 cm³/mol. The number of H-pyrrole nitrogens is 1. The molecule has 0 fully saturated rings. The highest BCUT2D eigenvalue weighted by Gasteiger charge is 2.19. The van der Waals surface area contributed by atoms with Crippen molar-refractivity contribution in [3.05, 3.63) is 99.5 Å². The van der Waals surface area contributed by atoms with Crippen LogP contribution in [0, 0.1) is 12.3 Å². The summed E-state index contributed by atoms with van der Waals surface area (Å²) < 4.78 is 3.82. The molecule has 0 amide bonds. The fourth-order valence-corrected chi connectivity index (χ4v) is 3.79. The molecule has 29 heavy (non-hydrogen) atoms. The third-order valence-corrected chi connectivity index (χ3v) is 5.26. The van der Waals surface area contributed by atoms with Crippen LogP contribution in [-0.4, -0.2) is 25.8 Å². The van der Waals surface area contributed by atoms with E-state index in [-0.39, 0.29) is 18.2 Å². The summed E-state index contributed by atoms with van der Waals surface area (Å²) in [4.78, 5) is 14.3. The molecule has 0 aliphatic rings. The molecule has 4 aromatic rings. The van der Waals surface area contributed by atoms with Gasteiger partial charge in [-0.15, -0.1) is 0 Å². The number of aromatic nitrogens is 3. The molecule has 0 bridgehead atoms. The summed E-state index contributed by atoms with van der Waals surface area (Å²) >= 11 is 0. The number of nitrogens with zero attached hydrogens (tertiary/aromatic N) is 2. The Kier molecular flexibility index (Phi) is 5.18. The van der Waals surface area contributed by atoms with Crippen molar-refractivity contribution in [1.29, 1.82) is 5.41 Å². The molecule has 2 heterocycles. The maximum Gasteiger partial charge on any atom is 0.248 e. The van der Waals surface area contributed by atoms with E-state index in [1.807, 2.05) is 39.5 Å². The summed E-state index contributed by atoms with van der Waals surface area (Å²) in [6, 6.07) is 19.2. The van der Waals surface area contributed by atoms with Gasteiger partial charge in [0.25, 0.3) is 0 Å². The van der Waals surface area contributed by atoms with E-state index in [4.69, 9.17) is 5.41 Å². The summed E-state index contributed by atoms with van der Waals surface area (Å²) in [6.45, 7) is 2.51. The maximum absolute atomic E-state index is 11.6. The largest absolute Gasteiger partial charge is 0.394 e. The third kappa shape index (κ3) is 3.79. The standard InChI is InChI=1S/C23H24N4O2/c1-16-6-8-17(9-7-16)14-26-20-4-2-3-5-21(20)27(23(26)24)19(15-28)12-18-10-11-25-22(29)13-18/h2-11,13,19,24,28H,12,14-15H2,1H3,(H,25,29). The van der Waals surface area contributed by atoms with E-state index >= 15 is 0 Å². The van der Waals surface area contributed by atoms with Crippen LogP contribution in [-0.2, 0) is 13.0 Å². The number of imidazole rings is 1. The first-order valence-corrected chi connectivity index (χ1v) is 9.65. The van der Waals surface area contributed by atoms with Gasteiger partial charge in [0.2, 0.25) is 11.2 Å². The highest BCUT2D eigenvalue weighted by molar-refractivity contribution is 5.76. The number of aryl methyl sites for hydroxylation is 1. The quantitative estimate of drug-likeness (QED) is 0.474. The molecule has 0 aliphatic heterocycles. The summed E-state index contributed by atoms with van der Waals surface area (Å²) in [5.41, 5.74) is 5.15. The number of rotatable bonds is 6. The van der Waals surface area contributed by atoms with Gasteiger partial charge in [0.1, 0.15) is 0 Å². The zero-order valence-corrected chi connectivity index (χ0v) is 16.3. The fraction of sp³-hybridized carbons (Fsp3) is 0.217.